The molecule has 0 radical (unpaired) electrons. The zero-order valence-corrected chi connectivity index (χ0v) is 6.40. The topological polar surface area (TPSA) is 0 Å². The molecule has 0 bridgehead atoms. The Labute approximate surface area is 65.2 Å². The summed E-state index contributed by atoms with van der Waals surface area (Å²) >= 11 is 0. The van der Waals surface area contributed by atoms with Crippen molar-refractivity contribution in [3.8, 4) is 0 Å². The minimum atomic E-state index is -0.521. The molecule has 60 valence electrons. The lowest BCUT2D eigenvalue weighted by Gasteiger charge is -1.91. The summed E-state index contributed by atoms with van der Waals surface area (Å²) in [5, 5.41) is 0. The van der Waals surface area contributed by atoms with Gasteiger partial charge in [0.05, 0.1) is 0 Å². The minimum absolute atomic E-state index is 0.521. The van der Waals surface area contributed by atoms with Crippen LogP contribution in [0.4, 0.5) is 8.78 Å². The maximum absolute atomic E-state index is 12.2. The highest BCUT2D eigenvalue weighted by Crippen LogP contribution is 2.05. The van der Waals surface area contributed by atoms with Crippen LogP contribution in [0.3, 0.4) is 0 Å². The highest BCUT2D eigenvalue weighted by Gasteiger charge is 1.93. The minimum Gasteiger partial charge on any atom is -0.207 e. The van der Waals surface area contributed by atoms with E-state index in [1.807, 2.05) is 0 Å². The van der Waals surface area contributed by atoms with Crippen LogP contribution in [-0.4, -0.2) is 0 Å². The SMILES string of the molecule is C=C.Cc1cc(F)cc(F)c1. The molecule has 0 N–H and O–H groups in total. The van der Waals surface area contributed by atoms with Gasteiger partial charge in [-0.1, -0.05) is 0 Å². The van der Waals surface area contributed by atoms with E-state index >= 15 is 0 Å². The molecule has 1 rings (SSSR count). The van der Waals surface area contributed by atoms with Crippen LogP contribution in [0.1, 0.15) is 5.56 Å². The molecule has 11 heavy (non-hydrogen) atoms. The molecular formula is C9H10F2. The number of hydrogen-bond acceptors (Lipinski definition) is 0. The molecule has 0 amide bonds. The van der Waals surface area contributed by atoms with Gasteiger partial charge >= 0.3 is 0 Å². The Balaban J connectivity index is 0.000000461. The van der Waals surface area contributed by atoms with E-state index in [0.717, 1.165) is 6.07 Å². The number of aryl methyl sites for hydroxylation is 1. The summed E-state index contributed by atoms with van der Waals surface area (Å²) in [5.41, 5.74) is 0.604. The summed E-state index contributed by atoms with van der Waals surface area (Å²) in [5.74, 6) is -1.04. The molecule has 2 heteroatoms. The lowest BCUT2D eigenvalue weighted by molar-refractivity contribution is 0.581. The first-order chi connectivity index (χ1) is 5.18. The van der Waals surface area contributed by atoms with E-state index in [2.05, 4.69) is 13.2 Å². The Kier molecular flexibility index (Phi) is 4.11. The summed E-state index contributed by atoms with van der Waals surface area (Å²) in [6, 6.07) is 3.42. The van der Waals surface area contributed by atoms with Gasteiger partial charge in [0.15, 0.2) is 0 Å². The Bertz CT molecular complexity index is 181. The van der Waals surface area contributed by atoms with E-state index in [4.69, 9.17) is 0 Å². The molecule has 0 heterocycles. The molecule has 0 aliphatic carbocycles. The third kappa shape index (κ3) is 3.50. The highest BCUT2D eigenvalue weighted by molar-refractivity contribution is 5.15. The van der Waals surface area contributed by atoms with E-state index < -0.39 is 11.6 Å². The van der Waals surface area contributed by atoms with Crippen LogP contribution >= 0.6 is 0 Å². The van der Waals surface area contributed by atoms with Crippen molar-refractivity contribution in [1.82, 2.24) is 0 Å². The van der Waals surface area contributed by atoms with Gasteiger partial charge in [-0.05, 0) is 24.6 Å². The maximum atomic E-state index is 12.2. The van der Waals surface area contributed by atoms with Crippen LogP contribution in [0.2, 0.25) is 0 Å². The normalized spacial score (nSPS) is 8.27. The molecule has 1 aromatic rings. The van der Waals surface area contributed by atoms with Crippen molar-refractivity contribution in [1.29, 1.82) is 0 Å². The second-order valence-electron chi connectivity index (χ2n) is 1.95. The van der Waals surface area contributed by atoms with Gasteiger partial charge in [0.2, 0.25) is 0 Å². The van der Waals surface area contributed by atoms with Gasteiger partial charge in [0.1, 0.15) is 11.6 Å². The van der Waals surface area contributed by atoms with E-state index in [9.17, 15) is 8.78 Å². The van der Waals surface area contributed by atoms with Crippen LogP contribution in [0.15, 0.2) is 31.4 Å². The summed E-state index contributed by atoms with van der Waals surface area (Å²) < 4.78 is 24.4. The van der Waals surface area contributed by atoms with Gasteiger partial charge in [0.25, 0.3) is 0 Å². The third-order valence-corrected chi connectivity index (χ3v) is 1.01. The van der Waals surface area contributed by atoms with Gasteiger partial charge in [0, 0.05) is 6.07 Å². The molecule has 0 unspecified atom stereocenters. The van der Waals surface area contributed by atoms with Crippen molar-refractivity contribution in [3.63, 3.8) is 0 Å². The van der Waals surface area contributed by atoms with E-state index in [-0.39, 0.29) is 0 Å². The average Bonchev–Trinajstić information content (AvgIpc) is 1.88. The van der Waals surface area contributed by atoms with Crippen molar-refractivity contribution in [2.75, 3.05) is 0 Å². The van der Waals surface area contributed by atoms with Crippen LogP contribution < -0.4 is 0 Å². The first-order valence-electron chi connectivity index (χ1n) is 3.11. The zero-order valence-electron chi connectivity index (χ0n) is 6.40. The number of rotatable bonds is 0. The fraction of sp³-hybridized carbons (Fsp3) is 0.111. The molecule has 0 spiro atoms. The lowest BCUT2D eigenvalue weighted by atomic mass is 10.2. The monoisotopic (exact) mass is 156 g/mol. The molecule has 0 fully saturated rings. The Morgan fingerprint density at radius 1 is 1.00 bits per heavy atom. The first kappa shape index (κ1) is 9.82. The molecule has 0 saturated heterocycles. The summed E-state index contributed by atoms with van der Waals surface area (Å²) in [6.45, 7) is 7.64. The fourth-order valence-electron chi connectivity index (χ4n) is 0.692. The van der Waals surface area contributed by atoms with Crippen LogP contribution in [0, 0.1) is 18.6 Å². The quantitative estimate of drug-likeness (QED) is 0.506. The molecule has 0 aliphatic rings. The second-order valence-corrected chi connectivity index (χ2v) is 1.95. The fourth-order valence-corrected chi connectivity index (χ4v) is 0.692. The summed E-state index contributed by atoms with van der Waals surface area (Å²) in [7, 11) is 0. The zero-order chi connectivity index (χ0) is 8.85. The van der Waals surface area contributed by atoms with E-state index in [1.54, 1.807) is 6.92 Å². The van der Waals surface area contributed by atoms with Gasteiger partial charge in [-0.2, -0.15) is 0 Å². The molecule has 0 aliphatic heterocycles. The number of benzene rings is 1. The molecule has 0 saturated carbocycles. The second kappa shape index (κ2) is 4.61. The van der Waals surface area contributed by atoms with Gasteiger partial charge in [-0.25, -0.2) is 8.78 Å². The predicted octanol–water partition coefficient (Wildman–Crippen LogP) is 3.08. The largest absolute Gasteiger partial charge is 0.207 e. The van der Waals surface area contributed by atoms with E-state index in [0.29, 0.717) is 5.56 Å². The third-order valence-electron chi connectivity index (χ3n) is 1.01. The lowest BCUT2D eigenvalue weighted by Crippen LogP contribution is -1.80. The van der Waals surface area contributed by atoms with Gasteiger partial charge in [-0.3, -0.25) is 0 Å². The van der Waals surface area contributed by atoms with Gasteiger partial charge < -0.3 is 0 Å². The first-order valence-corrected chi connectivity index (χ1v) is 3.11. The molecular weight excluding hydrogens is 146 g/mol. The number of hydrogen-bond donors (Lipinski definition) is 0. The summed E-state index contributed by atoms with van der Waals surface area (Å²) in [6.07, 6.45) is 0. The molecule has 0 atom stereocenters. The Hall–Kier alpha value is -1.18. The standard InChI is InChI=1S/C7H6F2.C2H4/c1-5-2-6(8)4-7(9)3-5;1-2/h2-4H,1H3;1-2H2. The van der Waals surface area contributed by atoms with Crippen molar-refractivity contribution in [3.05, 3.63) is 48.6 Å². The van der Waals surface area contributed by atoms with Crippen molar-refractivity contribution >= 4 is 0 Å². The molecule has 1 aromatic carbocycles. The van der Waals surface area contributed by atoms with Gasteiger partial charge in [-0.15, -0.1) is 13.2 Å². The van der Waals surface area contributed by atoms with Crippen molar-refractivity contribution in [2.24, 2.45) is 0 Å². The molecule has 0 aromatic heterocycles. The average molecular weight is 156 g/mol. The molecule has 0 nitrogen and oxygen atoms in total. The van der Waals surface area contributed by atoms with Crippen LogP contribution in [-0.2, 0) is 0 Å². The van der Waals surface area contributed by atoms with Crippen molar-refractivity contribution < 1.29 is 8.78 Å². The number of halogens is 2. The Morgan fingerprint density at radius 2 is 1.36 bits per heavy atom. The maximum Gasteiger partial charge on any atom is 0.126 e. The van der Waals surface area contributed by atoms with Crippen molar-refractivity contribution in [2.45, 2.75) is 6.92 Å². The predicted molar refractivity (Wildman–Crippen MR) is 42.3 cm³/mol. The Morgan fingerprint density at radius 3 is 1.64 bits per heavy atom. The van der Waals surface area contributed by atoms with Crippen LogP contribution in [0.25, 0.3) is 0 Å². The van der Waals surface area contributed by atoms with Crippen LogP contribution in [0.5, 0.6) is 0 Å². The highest BCUT2D eigenvalue weighted by atomic mass is 19.1. The smallest absolute Gasteiger partial charge is 0.126 e. The summed E-state index contributed by atoms with van der Waals surface area (Å²) in [4.78, 5) is 0. The van der Waals surface area contributed by atoms with E-state index in [1.165, 1.54) is 12.1 Å².